The van der Waals surface area contributed by atoms with Crippen molar-refractivity contribution in [1.29, 1.82) is 0 Å². The van der Waals surface area contributed by atoms with Gasteiger partial charge >= 0.3 is 0 Å². The lowest BCUT2D eigenvalue weighted by Crippen LogP contribution is -2.09. The minimum atomic E-state index is 0.904. The molecule has 4 heterocycles. The molecular weight excluding hydrogens is 1260 g/mol. The highest BCUT2D eigenvalue weighted by Crippen LogP contribution is 2.45. The fourth-order valence-corrected chi connectivity index (χ4v) is 15.8. The number of anilines is 6. The summed E-state index contributed by atoms with van der Waals surface area (Å²) in [6, 6.07) is 134. The Hall–Kier alpha value is -13.3. The minimum absolute atomic E-state index is 0.904. The summed E-state index contributed by atoms with van der Waals surface area (Å²) in [5.41, 5.74) is 25.9. The second kappa shape index (κ2) is 25.5. The Balaban J connectivity index is 0.000000141. The van der Waals surface area contributed by atoms with E-state index in [9.17, 15) is 0 Å². The smallest absolute Gasteiger partial charge is 0.143 e. The fraction of sp³-hybridized carbons (Fsp3) is 0. The number of nitrogens with zero attached hydrogens (tertiary/aromatic N) is 2. The van der Waals surface area contributed by atoms with E-state index in [1.165, 1.54) is 59.1 Å². The minimum Gasteiger partial charge on any atom is -0.456 e. The molecule has 102 heavy (non-hydrogen) atoms. The first-order valence-electron chi connectivity index (χ1n) is 34.5. The first-order valence-corrected chi connectivity index (χ1v) is 35.3. The predicted molar refractivity (Wildman–Crippen MR) is 430 cm³/mol. The molecule has 0 spiro atoms. The zero-order valence-corrected chi connectivity index (χ0v) is 56.1. The van der Waals surface area contributed by atoms with Gasteiger partial charge in [-0.3, -0.25) is 0 Å². The molecule has 20 rings (SSSR count). The van der Waals surface area contributed by atoms with Gasteiger partial charge in [0.15, 0.2) is 0 Å². The van der Waals surface area contributed by atoms with E-state index in [0.717, 1.165) is 128 Å². The van der Waals surface area contributed by atoms with Crippen LogP contribution in [0.4, 0.5) is 34.1 Å². The van der Waals surface area contributed by atoms with E-state index in [-0.39, 0.29) is 0 Å². The lowest BCUT2D eigenvalue weighted by Gasteiger charge is -2.26. The van der Waals surface area contributed by atoms with Gasteiger partial charge in [-0.25, -0.2) is 0 Å². The summed E-state index contributed by atoms with van der Waals surface area (Å²) in [5, 5.41) is 9.45. The molecule has 480 valence electrons. The number of hydrogen-bond donors (Lipinski definition) is 0. The lowest BCUT2D eigenvalue weighted by atomic mass is 10.0. The number of rotatable bonds is 12. The first-order chi connectivity index (χ1) is 50.5. The van der Waals surface area contributed by atoms with Gasteiger partial charge in [-0.15, -0.1) is 11.3 Å². The summed E-state index contributed by atoms with van der Waals surface area (Å²) >= 11 is 1.86. The van der Waals surface area contributed by atoms with Gasteiger partial charge in [0.05, 0.1) is 0 Å². The van der Waals surface area contributed by atoms with Crippen molar-refractivity contribution in [3.63, 3.8) is 0 Å². The molecule has 6 heteroatoms. The van der Waals surface area contributed by atoms with Crippen LogP contribution in [0.15, 0.2) is 389 Å². The quantitative estimate of drug-likeness (QED) is 0.122. The zero-order valence-electron chi connectivity index (χ0n) is 55.3. The van der Waals surface area contributed by atoms with Crippen LogP contribution in [0.2, 0.25) is 0 Å². The number of furan rings is 3. The highest BCUT2D eigenvalue weighted by atomic mass is 32.1. The Bertz CT molecular complexity index is 6140. The molecule has 5 nitrogen and oxygen atoms in total. The molecule has 0 saturated heterocycles. The van der Waals surface area contributed by atoms with Crippen LogP contribution in [0.3, 0.4) is 0 Å². The molecule has 4 aromatic heterocycles. The molecule has 0 saturated carbocycles. The monoisotopic (exact) mass is 1320 g/mol. The SMILES string of the molecule is c1ccc(-c2ccc(N(c3ccc(-c4ccc5oc6ccccc6c5c4)cc3)c3ccc(-c4ccc5sc6ccccc6c5c4)cc3)cc2)cc1.c1ccc(-c2ccc(N(c3ccc(-c4cccc5c4oc4ccccc45)cc3)c3ccc(-c4cccc5c4oc4ccccc45)cc3)cc2)cc1. The third kappa shape index (κ3) is 11.0. The molecule has 0 radical (unpaired) electrons. The van der Waals surface area contributed by atoms with Gasteiger partial charge in [0, 0.05) is 97.7 Å². The molecule has 0 atom stereocenters. The summed E-state index contributed by atoms with van der Waals surface area (Å²) in [7, 11) is 0. The molecule has 20 aromatic rings. The second-order valence-electron chi connectivity index (χ2n) is 25.9. The average molecular weight is 1320 g/mol. The van der Waals surface area contributed by atoms with Gasteiger partial charge in [-0.2, -0.15) is 0 Å². The highest BCUT2D eigenvalue weighted by molar-refractivity contribution is 7.25. The van der Waals surface area contributed by atoms with Crippen LogP contribution in [-0.4, -0.2) is 0 Å². The van der Waals surface area contributed by atoms with E-state index in [4.69, 9.17) is 13.3 Å². The predicted octanol–water partition coefficient (Wildman–Crippen LogP) is 28.4. The maximum Gasteiger partial charge on any atom is 0.143 e. The van der Waals surface area contributed by atoms with Crippen molar-refractivity contribution in [3.05, 3.63) is 376 Å². The van der Waals surface area contributed by atoms with Crippen molar-refractivity contribution < 1.29 is 13.3 Å². The molecule has 0 fully saturated rings. The Labute approximate surface area is 593 Å². The van der Waals surface area contributed by atoms with E-state index in [1.807, 2.05) is 47.7 Å². The number of thiophene rings is 1. The Morgan fingerprint density at radius 3 is 0.912 bits per heavy atom. The molecule has 0 aliphatic rings. The van der Waals surface area contributed by atoms with Crippen molar-refractivity contribution >= 4 is 131 Å². The van der Waals surface area contributed by atoms with Crippen molar-refractivity contribution in [3.8, 4) is 66.8 Å². The third-order valence-corrected chi connectivity index (χ3v) is 21.0. The summed E-state index contributed by atoms with van der Waals surface area (Å²) in [4.78, 5) is 4.65. The van der Waals surface area contributed by atoms with Crippen molar-refractivity contribution in [2.75, 3.05) is 9.80 Å². The van der Waals surface area contributed by atoms with Crippen molar-refractivity contribution in [2.45, 2.75) is 0 Å². The summed E-state index contributed by atoms with van der Waals surface area (Å²) < 4.78 is 21.5. The molecule has 16 aromatic carbocycles. The Morgan fingerprint density at radius 1 is 0.176 bits per heavy atom. The Morgan fingerprint density at radius 2 is 0.471 bits per heavy atom. The van der Waals surface area contributed by atoms with Gasteiger partial charge in [0.25, 0.3) is 0 Å². The number of para-hydroxylation sites is 5. The van der Waals surface area contributed by atoms with Gasteiger partial charge in [0.2, 0.25) is 0 Å². The van der Waals surface area contributed by atoms with E-state index in [1.54, 1.807) is 0 Å². The van der Waals surface area contributed by atoms with Crippen LogP contribution in [0.25, 0.3) is 153 Å². The average Bonchev–Trinajstić information content (AvgIpc) is 1.56. The Kier molecular flexibility index (Phi) is 15.0. The molecule has 0 bridgehead atoms. The number of fused-ring (bicyclic) bond motifs is 12. The van der Waals surface area contributed by atoms with Crippen LogP contribution in [0, 0.1) is 0 Å². The van der Waals surface area contributed by atoms with Crippen LogP contribution < -0.4 is 9.80 Å². The van der Waals surface area contributed by atoms with Crippen LogP contribution >= 0.6 is 11.3 Å². The molecule has 0 unspecified atom stereocenters. The van der Waals surface area contributed by atoms with Gasteiger partial charge in [-0.1, -0.05) is 255 Å². The maximum absolute atomic E-state index is 6.38. The molecular formula is C96H62N2O3S. The van der Waals surface area contributed by atoms with Gasteiger partial charge in [0.1, 0.15) is 33.5 Å². The zero-order chi connectivity index (χ0) is 67.5. The molecule has 0 N–H and O–H groups in total. The fourth-order valence-electron chi connectivity index (χ4n) is 14.7. The van der Waals surface area contributed by atoms with E-state index >= 15 is 0 Å². The van der Waals surface area contributed by atoms with Crippen molar-refractivity contribution in [2.24, 2.45) is 0 Å². The van der Waals surface area contributed by atoms with E-state index in [2.05, 4.69) is 350 Å². The second-order valence-corrected chi connectivity index (χ2v) is 26.9. The van der Waals surface area contributed by atoms with E-state index in [0.29, 0.717) is 0 Å². The number of hydrogen-bond acceptors (Lipinski definition) is 6. The topological polar surface area (TPSA) is 45.9 Å². The van der Waals surface area contributed by atoms with E-state index < -0.39 is 0 Å². The van der Waals surface area contributed by atoms with Crippen LogP contribution in [0.1, 0.15) is 0 Å². The first kappa shape index (κ1) is 60.0. The summed E-state index contributed by atoms with van der Waals surface area (Å²) in [6.45, 7) is 0. The van der Waals surface area contributed by atoms with Gasteiger partial charge < -0.3 is 23.1 Å². The molecule has 0 aliphatic heterocycles. The molecule has 0 amide bonds. The standard InChI is InChI=1S/C48H31NO2.C48H31NOS/c1-2-10-32(11-3-1)33-20-26-36(27-21-33)49(37-28-22-34(23-29-37)39-14-8-16-43-41-12-4-6-18-45(41)50-47(39)43)38-30-24-35(25-31-38)40-15-9-17-44-42-13-5-7-19-46(42)51-48(40)44;1-2-8-32(9-3-1)33-14-22-38(23-15-33)49(39-24-16-34(17-25-39)36-20-28-46-43(30-36)41-10-4-6-12-45(41)50-46)40-26-18-35(19-27-40)37-21-29-48-44(31-37)42-11-5-7-13-47(42)51-48/h2*1-31H. The third-order valence-electron chi connectivity index (χ3n) is 19.8. The van der Waals surface area contributed by atoms with Crippen LogP contribution in [-0.2, 0) is 0 Å². The maximum atomic E-state index is 6.38. The normalized spacial score (nSPS) is 11.5. The lowest BCUT2D eigenvalue weighted by molar-refractivity contribution is 0.669. The summed E-state index contributed by atoms with van der Waals surface area (Å²) in [5.74, 6) is 0. The number of benzene rings is 16. The van der Waals surface area contributed by atoms with Crippen molar-refractivity contribution in [1.82, 2.24) is 0 Å². The summed E-state index contributed by atoms with van der Waals surface area (Å²) in [6.07, 6.45) is 0. The van der Waals surface area contributed by atoms with Crippen LogP contribution in [0.5, 0.6) is 0 Å². The largest absolute Gasteiger partial charge is 0.456 e. The van der Waals surface area contributed by atoms with Gasteiger partial charge in [-0.05, 0) is 177 Å². The molecule has 0 aliphatic carbocycles. The highest BCUT2D eigenvalue weighted by Gasteiger charge is 2.20.